The number of anilines is 1. The molecule has 2 heterocycles. The molecule has 0 bridgehead atoms. The van der Waals surface area contributed by atoms with Crippen LogP contribution in [0.2, 0.25) is 0 Å². The fourth-order valence-electron chi connectivity index (χ4n) is 1.44. The number of nitrogens with one attached hydrogen (secondary N) is 1. The number of carboxylic acids is 1. The molecule has 1 unspecified atom stereocenters. The van der Waals surface area contributed by atoms with E-state index in [4.69, 9.17) is 5.11 Å². The van der Waals surface area contributed by atoms with Crippen LogP contribution in [-0.2, 0) is 0 Å². The average Bonchev–Trinajstić information content (AvgIpc) is 2.71. The average molecular weight is 225 g/mol. The highest BCUT2D eigenvalue weighted by atomic mass is 32.2. The molecule has 1 fully saturated rings. The summed E-state index contributed by atoms with van der Waals surface area (Å²) in [5, 5.41) is 12.0. The van der Waals surface area contributed by atoms with Gasteiger partial charge in [-0.05, 0) is 12.2 Å². The van der Waals surface area contributed by atoms with Crippen molar-refractivity contribution in [1.82, 2.24) is 9.97 Å². The number of hydrogen-bond acceptors (Lipinski definition) is 5. The standard InChI is InChI=1S/C9H11N3O2S/c13-9(14)7-8(11-3-2-10-7)12-6-1-4-15-5-6/h2-3,6H,1,4-5H2,(H,11,12)(H,13,14). The van der Waals surface area contributed by atoms with Crippen LogP contribution in [-0.4, -0.2) is 38.6 Å². The maximum atomic E-state index is 10.8. The highest BCUT2D eigenvalue weighted by Crippen LogP contribution is 2.21. The van der Waals surface area contributed by atoms with Crippen molar-refractivity contribution >= 4 is 23.5 Å². The van der Waals surface area contributed by atoms with Gasteiger partial charge in [-0.1, -0.05) is 0 Å². The van der Waals surface area contributed by atoms with E-state index in [0.29, 0.717) is 11.9 Å². The first-order chi connectivity index (χ1) is 7.27. The fraction of sp³-hybridized carbons (Fsp3) is 0.444. The number of carboxylic acid groups (broad SMARTS) is 1. The van der Waals surface area contributed by atoms with E-state index < -0.39 is 5.97 Å². The van der Waals surface area contributed by atoms with Gasteiger partial charge >= 0.3 is 5.97 Å². The molecule has 1 saturated heterocycles. The van der Waals surface area contributed by atoms with Crippen molar-refractivity contribution in [2.45, 2.75) is 12.5 Å². The van der Waals surface area contributed by atoms with Gasteiger partial charge in [-0.2, -0.15) is 11.8 Å². The normalized spacial score (nSPS) is 20.1. The van der Waals surface area contributed by atoms with E-state index in [9.17, 15) is 4.79 Å². The zero-order valence-corrected chi connectivity index (χ0v) is 8.83. The highest BCUT2D eigenvalue weighted by Gasteiger charge is 2.19. The first kappa shape index (κ1) is 10.2. The highest BCUT2D eigenvalue weighted by molar-refractivity contribution is 7.99. The number of hydrogen-bond donors (Lipinski definition) is 2. The number of aromatic nitrogens is 2. The fourth-order valence-corrected chi connectivity index (χ4v) is 2.59. The van der Waals surface area contributed by atoms with Crippen molar-refractivity contribution in [2.75, 3.05) is 16.8 Å². The monoisotopic (exact) mass is 225 g/mol. The molecule has 0 aromatic carbocycles. The topological polar surface area (TPSA) is 75.1 Å². The van der Waals surface area contributed by atoms with Crippen LogP contribution in [0.1, 0.15) is 16.9 Å². The van der Waals surface area contributed by atoms with Crippen molar-refractivity contribution < 1.29 is 9.90 Å². The molecule has 1 atom stereocenters. The van der Waals surface area contributed by atoms with Crippen LogP contribution in [0.3, 0.4) is 0 Å². The molecule has 0 spiro atoms. The lowest BCUT2D eigenvalue weighted by atomic mass is 10.2. The minimum absolute atomic E-state index is 0.00519. The van der Waals surface area contributed by atoms with Crippen LogP contribution in [0.4, 0.5) is 5.82 Å². The lowest BCUT2D eigenvalue weighted by molar-refractivity contribution is 0.0691. The summed E-state index contributed by atoms with van der Waals surface area (Å²) in [5.74, 6) is 1.43. The molecule has 1 aliphatic heterocycles. The van der Waals surface area contributed by atoms with E-state index in [1.807, 2.05) is 11.8 Å². The van der Waals surface area contributed by atoms with E-state index >= 15 is 0 Å². The second-order valence-corrected chi connectivity index (χ2v) is 4.41. The second kappa shape index (κ2) is 4.48. The number of thioether (sulfide) groups is 1. The molecule has 0 amide bonds. The van der Waals surface area contributed by atoms with Crippen LogP contribution in [0.15, 0.2) is 12.4 Å². The number of nitrogens with zero attached hydrogens (tertiary/aromatic N) is 2. The van der Waals surface area contributed by atoms with Crippen molar-refractivity contribution in [3.05, 3.63) is 18.1 Å². The number of aromatic carboxylic acids is 1. The third-order valence-corrected chi connectivity index (χ3v) is 3.33. The molecule has 1 aliphatic rings. The molecule has 15 heavy (non-hydrogen) atoms. The maximum Gasteiger partial charge on any atom is 0.358 e. The molecule has 0 aliphatic carbocycles. The van der Waals surface area contributed by atoms with Gasteiger partial charge in [0.15, 0.2) is 11.5 Å². The minimum Gasteiger partial charge on any atom is -0.476 e. The summed E-state index contributed by atoms with van der Waals surface area (Å²) in [6.45, 7) is 0. The first-order valence-electron chi connectivity index (χ1n) is 4.66. The quantitative estimate of drug-likeness (QED) is 0.802. The Bertz CT molecular complexity index is 366. The predicted octanol–water partition coefficient (Wildman–Crippen LogP) is 1.09. The van der Waals surface area contributed by atoms with Crippen LogP contribution in [0, 0.1) is 0 Å². The Morgan fingerprint density at radius 3 is 3.00 bits per heavy atom. The Morgan fingerprint density at radius 1 is 1.53 bits per heavy atom. The Morgan fingerprint density at radius 2 is 2.33 bits per heavy atom. The van der Waals surface area contributed by atoms with Gasteiger partial charge in [0.25, 0.3) is 0 Å². The van der Waals surface area contributed by atoms with Crippen molar-refractivity contribution in [3.63, 3.8) is 0 Å². The molecule has 1 aromatic heterocycles. The lowest BCUT2D eigenvalue weighted by Crippen LogP contribution is -2.21. The third kappa shape index (κ3) is 2.38. The Hall–Kier alpha value is -1.30. The molecule has 1 aromatic rings. The molecule has 6 heteroatoms. The Kier molecular flexibility index (Phi) is 3.05. The van der Waals surface area contributed by atoms with Gasteiger partial charge in [-0.3, -0.25) is 0 Å². The van der Waals surface area contributed by atoms with Crippen LogP contribution < -0.4 is 5.32 Å². The summed E-state index contributed by atoms with van der Waals surface area (Å²) in [6.07, 6.45) is 3.93. The van der Waals surface area contributed by atoms with Gasteiger partial charge in [0.05, 0.1) is 0 Å². The zero-order chi connectivity index (χ0) is 10.7. The number of carbonyl (C=O) groups is 1. The summed E-state index contributed by atoms with van der Waals surface area (Å²) < 4.78 is 0. The molecule has 2 rings (SSSR count). The number of rotatable bonds is 3. The smallest absolute Gasteiger partial charge is 0.358 e. The van der Waals surface area contributed by atoms with E-state index in [1.54, 1.807) is 0 Å². The van der Waals surface area contributed by atoms with Gasteiger partial charge in [-0.15, -0.1) is 0 Å². The first-order valence-corrected chi connectivity index (χ1v) is 5.81. The zero-order valence-electron chi connectivity index (χ0n) is 8.01. The van der Waals surface area contributed by atoms with E-state index in [2.05, 4.69) is 15.3 Å². The van der Waals surface area contributed by atoms with Gasteiger partial charge in [-0.25, -0.2) is 14.8 Å². The van der Waals surface area contributed by atoms with E-state index in [0.717, 1.165) is 17.9 Å². The summed E-state index contributed by atoms with van der Waals surface area (Å²) in [6, 6.07) is 0.310. The van der Waals surface area contributed by atoms with Gasteiger partial charge in [0, 0.05) is 24.2 Å². The summed E-state index contributed by atoms with van der Waals surface area (Å²) in [4.78, 5) is 18.6. The summed E-state index contributed by atoms with van der Waals surface area (Å²) in [7, 11) is 0. The largest absolute Gasteiger partial charge is 0.476 e. The Balaban J connectivity index is 2.15. The van der Waals surface area contributed by atoms with Crippen LogP contribution in [0.5, 0.6) is 0 Å². The molecule has 0 saturated carbocycles. The summed E-state index contributed by atoms with van der Waals surface area (Å²) >= 11 is 1.86. The molecular weight excluding hydrogens is 214 g/mol. The predicted molar refractivity (Wildman–Crippen MR) is 58.3 cm³/mol. The Labute approximate surface area is 91.3 Å². The SMILES string of the molecule is O=C(O)c1nccnc1NC1CCSC1. The molecular formula is C9H11N3O2S. The molecule has 80 valence electrons. The summed E-state index contributed by atoms with van der Waals surface area (Å²) in [5.41, 5.74) is -0.00519. The molecule has 0 radical (unpaired) electrons. The maximum absolute atomic E-state index is 10.8. The molecule has 2 N–H and O–H groups in total. The van der Waals surface area contributed by atoms with Gasteiger partial charge in [0.2, 0.25) is 0 Å². The van der Waals surface area contributed by atoms with E-state index in [1.165, 1.54) is 12.4 Å². The van der Waals surface area contributed by atoms with Crippen molar-refractivity contribution in [2.24, 2.45) is 0 Å². The second-order valence-electron chi connectivity index (χ2n) is 3.26. The third-order valence-electron chi connectivity index (χ3n) is 2.17. The van der Waals surface area contributed by atoms with E-state index in [-0.39, 0.29) is 5.69 Å². The minimum atomic E-state index is -1.05. The van der Waals surface area contributed by atoms with Crippen LogP contribution >= 0.6 is 11.8 Å². The van der Waals surface area contributed by atoms with Gasteiger partial charge < -0.3 is 10.4 Å². The molecule has 5 nitrogen and oxygen atoms in total. The van der Waals surface area contributed by atoms with Gasteiger partial charge in [0.1, 0.15) is 0 Å². The van der Waals surface area contributed by atoms with Crippen molar-refractivity contribution in [1.29, 1.82) is 0 Å². The van der Waals surface area contributed by atoms with Crippen molar-refractivity contribution in [3.8, 4) is 0 Å². The van der Waals surface area contributed by atoms with Crippen LogP contribution in [0.25, 0.3) is 0 Å². The lowest BCUT2D eigenvalue weighted by Gasteiger charge is -2.12.